The minimum Gasteiger partial charge on any atom is -0.480 e. The van der Waals surface area contributed by atoms with E-state index in [2.05, 4.69) is 10.6 Å². The average molecular weight is 282 g/mol. The van der Waals surface area contributed by atoms with Crippen LogP contribution in [0.3, 0.4) is 0 Å². The Labute approximate surface area is 118 Å². The van der Waals surface area contributed by atoms with E-state index in [0.29, 0.717) is 19.3 Å². The first-order valence-corrected chi connectivity index (χ1v) is 6.78. The zero-order chi connectivity index (χ0) is 15.2. The minimum atomic E-state index is -1.21. The maximum Gasteiger partial charge on any atom is 0.329 e. The molecule has 0 aliphatic rings. The lowest BCUT2D eigenvalue weighted by molar-refractivity contribution is -0.144. The molecule has 20 heavy (non-hydrogen) atoms. The fourth-order valence-corrected chi connectivity index (χ4v) is 2.04. The number of carboxylic acid groups (broad SMARTS) is 1. The number of rotatable bonds is 7. The van der Waals surface area contributed by atoms with Gasteiger partial charge < -0.3 is 20.2 Å². The first-order valence-electron chi connectivity index (χ1n) is 6.78. The summed E-state index contributed by atoms with van der Waals surface area (Å²) in [6.07, 6.45) is 2.79. The zero-order valence-electron chi connectivity index (χ0n) is 12.1. The van der Waals surface area contributed by atoms with Crippen LogP contribution in [0.4, 0.5) is 4.79 Å². The summed E-state index contributed by atoms with van der Waals surface area (Å²) in [6.45, 7) is 5.32. The van der Waals surface area contributed by atoms with Crippen molar-refractivity contribution in [3.05, 3.63) is 24.2 Å². The molecule has 1 atom stereocenters. The molecule has 0 fully saturated rings. The SMILES string of the molecule is CCC(CC)(NC(=O)NC(C)Cc1ccco1)C(=O)O. The van der Waals surface area contributed by atoms with Crippen LogP contribution >= 0.6 is 0 Å². The topological polar surface area (TPSA) is 91.6 Å². The van der Waals surface area contributed by atoms with Crippen LogP contribution in [0.2, 0.25) is 0 Å². The van der Waals surface area contributed by atoms with Crippen molar-refractivity contribution in [2.24, 2.45) is 0 Å². The van der Waals surface area contributed by atoms with Gasteiger partial charge in [-0.15, -0.1) is 0 Å². The summed E-state index contributed by atoms with van der Waals surface area (Å²) >= 11 is 0. The van der Waals surface area contributed by atoms with E-state index in [1.54, 1.807) is 26.2 Å². The number of furan rings is 1. The predicted octanol–water partition coefficient (Wildman–Crippen LogP) is 2.15. The third-order valence-electron chi connectivity index (χ3n) is 3.43. The van der Waals surface area contributed by atoms with E-state index in [0.717, 1.165) is 5.76 Å². The quantitative estimate of drug-likeness (QED) is 0.714. The van der Waals surface area contributed by atoms with E-state index in [1.807, 2.05) is 13.0 Å². The van der Waals surface area contributed by atoms with Gasteiger partial charge in [0.1, 0.15) is 11.3 Å². The molecule has 112 valence electrons. The highest BCUT2D eigenvalue weighted by Gasteiger charge is 2.36. The van der Waals surface area contributed by atoms with Crippen LogP contribution in [0.15, 0.2) is 22.8 Å². The van der Waals surface area contributed by atoms with Crippen molar-refractivity contribution in [3.8, 4) is 0 Å². The highest BCUT2D eigenvalue weighted by Crippen LogP contribution is 2.15. The molecule has 0 bridgehead atoms. The Bertz CT molecular complexity index is 438. The molecule has 1 aromatic heterocycles. The Morgan fingerprint density at radius 1 is 1.40 bits per heavy atom. The van der Waals surface area contributed by atoms with E-state index < -0.39 is 17.5 Å². The molecule has 1 unspecified atom stereocenters. The second-order valence-corrected chi connectivity index (χ2v) is 4.88. The molecule has 6 heteroatoms. The number of hydrogen-bond donors (Lipinski definition) is 3. The van der Waals surface area contributed by atoms with Crippen LogP contribution in [-0.2, 0) is 11.2 Å². The van der Waals surface area contributed by atoms with Crippen LogP contribution < -0.4 is 10.6 Å². The second kappa shape index (κ2) is 6.98. The summed E-state index contributed by atoms with van der Waals surface area (Å²) in [4.78, 5) is 23.2. The summed E-state index contributed by atoms with van der Waals surface area (Å²) in [5.41, 5.74) is -1.21. The Kier molecular flexibility index (Phi) is 5.61. The molecule has 0 saturated heterocycles. The van der Waals surface area contributed by atoms with Gasteiger partial charge in [0, 0.05) is 12.5 Å². The largest absolute Gasteiger partial charge is 0.480 e. The van der Waals surface area contributed by atoms with Crippen molar-refractivity contribution in [3.63, 3.8) is 0 Å². The maximum atomic E-state index is 11.9. The van der Waals surface area contributed by atoms with Crippen molar-refractivity contribution in [1.82, 2.24) is 10.6 Å². The third kappa shape index (κ3) is 4.01. The summed E-state index contributed by atoms with van der Waals surface area (Å²) < 4.78 is 5.20. The van der Waals surface area contributed by atoms with Crippen LogP contribution in [0.25, 0.3) is 0 Å². The lowest BCUT2D eigenvalue weighted by Gasteiger charge is -2.28. The third-order valence-corrected chi connectivity index (χ3v) is 3.43. The Hall–Kier alpha value is -1.98. The van der Waals surface area contributed by atoms with Gasteiger partial charge in [0.2, 0.25) is 0 Å². The molecule has 0 radical (unpaired) electrons. The monoisotopic (exact) mass is 282 g/mol. The van der Waals surface area contributed by atoms with E-state index in [4.69, 9.17) is 4.42 Å². The van der Waals surface area contributed by atoms with Gasteiger partial charge in [-0.2, -0.15) is 0 Å². The summed E-state index contributed by atoms with van der Waals surface area (Å²) in [6, 6.07) is 2.98. The molecular weight excluding hydrogens is 260 g/mol. The Balaban J connectivity index is 2.55. The summed E-state index contributed by atoms with van der Waals surface area (Å²) in [7, 11) is 0. The molecule has 1 rings (SSSR count). The van der Waals surface area contributed by atoms with Crippen molar-refractivity contribution < 1.29 is 19.1 Å². The highest BCUT2D eigenvalue weighted by molar-refractivity contribution is 5.86. The van der Waals surface area contributed by atoms with Crippen molar-refractivity contribution in [1.29, 1.82) is 0 Å². The molecule has 0 spiro atoms. The predicted molar refractivity (Wildman–Crippen MR) is 74.5 cm³/mol. The van der Waals surface area contributed by atoms with E-state index in [-0.39, 0.29) is 6.04 Å². The lowest BCUT2D eigenvalue weighted by atomic mass is 9.93. The van der Waals surface area contributed by atoms with Crippen LogP contribution in [0, 0.1) is 0 Å². The fraction of sp³-hybridized carbons (Fsp3) is 0.571. The average Bonchev–Trinajstić information content (AvgIpc) is 2.88. The number of carboxylic acids is 1. The van der Waals surface area contributed by atoms with E-state index >= 15 is 0 Å². The fourth-order valence-electron chi connectivity index (χ4n) is 2.04. The molecular formula is C14H22N2O4. The normalized spacial score (nSPS) is 12.8. The number of amides is 2. The second-order valence-electron chi connectivity index (χ2n) is 4.88. The lowest BCUT2D eigenvalue weighted by Crippen LogP contribution is -2.57. The number of urea groups is 1. The molecule has 0 saturated carbocycles. The van der Waals surface area contributed by atoms with Crippen molar-refractivity contribution in [2.45, 2.75) is 51.6 Å². The van der Waals surface area contributed by atoms with Crippen LogP contribution in [0.5, 0.6) is 0 Å². The van der Waals surface area contributed by atoms with Gasteiger partial charge in [0.05, 0.1) is 6.26 Å². The van der Waals surface area contributed by atoms with E-state index in [9.17, 15) is 14.7 Å². The molecule has 0 aromatic carbocycles. The molecule has 0 aliphatic heterocycles. The zero-order valence-corrected chi connectivity index (χ0v) is 12.1. The Morgan fingerprint density at radius 3 is 2.50 bits per heavy atom. The maximum absolute atomic E-state index is 11.9. The van der Waals surface area contributed by atoms with Crippen molar-refractivity contribution >= 4 is 12.0 Å². The molecule has 1 aromatic rings. The summed E-state index contributed by atoms with van der Waals surface area (Å²) in [5, 5.41) is 14.5. The van der Waals surface area contributed by atoms with Gasteiger partial charge in [-0.3, -0.25) is 0 Å². The smallest absolute Gasteiger partial charge is 0.329 e. The van der Waals surface area contributed by atoms with Gasteiger partial charge in [0.15, 0.2) is 0 Å². The standard InChI is InChI=1S/C14H22N2O4/c1-4-14(5-2,12(17)18)16-13(19)15-10(3)9-11-7-6-8-20-11/h6-8,10H,4-5,9H2,1-3H3,(H,17,18)(H2,15,16,19). The van der Waals surface area contributed by atoms with Crippen LogP contribution in [-0.4, -0.2) is 28.7 Å². The van der Waals surface area contributed by atoms with Gasteiger partial charge in [-0.25, -0.2) is 9.59 Å². The number of aliphatic carboxylic acids is 1. The number of hydrogen-bond acceptors (Lipinski definition) is 3. The van der Waals surface area contributed by atoms with Gasteiger partial charge in [0.25, 0.3) is 0 Å². The number of nitrogens with one attached hydrogen (secondary N) is 2. The number of carbonyl (C=O) groups excluding carboxylic acids is 1. The summed E-state index contributed by atoms with van der Waals surface area (Å²) in [5.74, 6) is -0.246. The number of carbonyl (C=O) groups is 2. The molecule has 2 amide bonds. The first-order chi connectivity index (χ1) is 9.43. The molecule has 0 aliphatic carbocycles. The van der Waals surface area contributed by atoms with E-state index in [1.165, 1.54) is 0 Å². The van der Waals surface area contributed by atoms with Gasteiger partial charge >= 0.3 is 12.0 Å². The van der Waals surface area contributed by atoms with Gasteiger partial charge in [-0.1, -0.05) is 13.8 Å². The molecule has 3 N–H and O–H groups in total. The van der Waals surface area contributed by atoms with Crippen molar-refractivity contribution in [2.75, 3.05) is 0 Å². The Morgan fingerprint density at radius 2 is 2.05 bits per heavy atom. The van der Waals surface area contributed by atoms with Gasteiger partial charge in [-0.05, 0) is 31.9 Å². The highest BCUT2D eigenvalue weighted by atomic mass is 16.4. The first kappa shape index (κ1) is 16.1. The molecule has 1 heterocycles. The minimum absolute atomic E-state index is 0.152. The molecule has 6 nitrogen and oxygen atoms in total. The van der Waals surface area contributed by atoms with Crippen LogP contribution in [0.1, 0.15) is 39.4 Å².